The molecule has 0 atom stereocenters. The quantitative estimate of drug-likeness (QED) is 0.572. The van der Waals surface area contributed by atoms with Crippen LogP contribution in [0.2, 0.25) is 0 Å². The van der Waals surface area contributed by atoms with Crippen molar-refractivity contribution in [1.29, 1.82) is 0 Å². The van der Waals surface area contributed by atoms with Gasteiger partial charge in [0.1, 0.15) is 0 Å². The third-order valence-electron chi connectivity index (χ3n) is 1.32. The van der Waals surface area contributed by atoms with Crippen molar-refractivity contribution >= 4 is 26.0 Å². The molecular formula is C7H14MoNS2. The summed E-state index contributed by atoms with van der Waals surface area (Å²) in [5.74, 6) is 0. The Bertz CT molecular complexity index is 113. The molecule has 65 valence electrons. The van der Waals surface area contributed by atoms with Crippen molar-refractivity contribution in [2.24, 2.45) is 0 Å². The molecule has 0 fully saturated rings. The second kappa shape index (κ2) is 7.57. The average Bonchev–Trinajstić information content (AvgIpc) is 2.03. The molecule has 0 spiro atoms. The molecule has 0 bridgehead atoms. The zero-order chi connectivity index (χ0) is 8.69. The Labute approximate surface area is 88.9 Å². The monoisotopic (exact) mass is 274 g/mol. The van der Waals surface area contributed by atoms with Gasteiger partial charge < -0.3 is 0 Å². The second-order valence-electron chi connectivity index (χ2n) is 2.34. The standard InChI is InChI=1S/C7H15NS2.Mo/c1-3-5-8(6-4-2)7(9)10;/h3-6H2,1-2H3,(H,9,10);/q;+1/p-1. The van der Waals surface area contributed by atoms with Gasteiger partial charge in [-0.25, -0.2) is 0 Å². The van der Waals surface area contributed by atoms with E-state index in [-0.39, 0.29) is 0 Å². The van der Waals surface area contributed by atoms with Gasteiger partial charge in [-0.3, -0.25) is 0 Å². The Morgan fingerprint density at radius 2 is 1.82 bits per heavy atom. The summed E-state index contributed by atoms with van der Waals surface area (Å²) < 4.78 is 1.04. The molecule has 0 unspecified atom stereocenters. The van der Waals surface area contributed by atoms with E-state index in [1.54, 1.807) is 9.47 Å². The first-order valence-corrected chi connectivity index (χ1v) is 7.45. The van der Waals surface area contributed by atoms with E-state index >= 15 is 0 Å². The third kappa shape index (κ3) is 5.21. The number of hydrogen-bond acceptors (Lipinski definition) is 2. The molecule has 0 radical (unpaired) electrons. The summed E-state index contributed by atoms with van der Waals surface area (Å²) in [4.78, 5) is 2.28. The third-order valence-corrected chi connectivity index (χ3v) is 4.23. The molecule has 0 aromatic heterocycles. The van der Waals surface area contributed by atoms with Crippen molar-refractivity contribution in [2.75, 3.05) is 13.1 Å². The van der Waals surface area contributed by atoms with Crippen LogP contribution in [0.5, 0.6) is 0 Å². The molecule has 0 aliphatic carbocycles. The van der Waals surface area contributed by atoms with Crippen LogP contribution in [0.15, 0.2) is 0 Å². The minimum absolute atomic E-state index is 1.04. The van der Waals surface area contributed by atoms with E-state index in [1.165, 1.54) is 12.8 Å². The van der Waals surface area contributed by atoms with E-state index in [0.717, 1.165) is 17.4 Å². The molecule has 0 saturated heterocycles. The molecule has 0 heterocycles. The Hall–Kier alpha value is 0.928. The van der Waals surface area contributed by atoms with Crippen LogP contribution < -0.4 is 0 Å². The molecule has 0 N–H and O–H groups in total. The van der Waals surface area contributed by atoms with E-state index < -0.39 is 0 Å². The van der Waals surface area contributed by atoms with Gasteiger partial charge >= 0.3 is 89.2 Å². The molecular weight excluding hydrogens is 258 g/mol. The predicted molar refractivity (Wildman–Crippen MR) is 52.3 cm³/mol. The number of hydrogen-bond donors (Lipinski definition) is 0. The number of nitrogens with zero attached hydrogens (tertiary/aromatic N) is 1. The summed E-state index contributed by atoms with van der Waals surface area (Å²) in [6, 6.07) is 0. The van der Waals surface area contributed by atoms with Crippen LogP contribution in [0.4, 0.5) is 0 Å². The SMILES string of the molecule is CCCN(CCC)C(=S)[S][Mo]. The first kappa shape index (κ1) is 11.9. The first-order valence-electron chi connectivity index (χ1n) is 3.85. The van der Waals surface area contributed by atoms with Crippen molar-refractivity contribution < 1.29 is 18.5 Å². The fraction of sp³-hybridized carbons (Fsp3) is 0.857. The zero-order valence-corrected chi connectivity index (χ0v) is 10.6. The fourth-order valence-corrected chi connectivity index (χ4v) is 2.13. The number of thiocarbonyl (C=S) groups is 1. The van der Waals surface area contributed by atoms with Crippen molar-refractivity contribution in [3.63, 3.8) is 0 Å². The van der Waals surface area contributed by atoms with Gasteiger partial charge in [-0.05, 0) is 0 Å². The Kier molecular flexibility index (Phi) is 8.21. The molecule has 11 heavy (non-hydrogen) atoms. The Morgan fingerprint density at radius 3 is 2.09 bits per heavy atom. The number of rotatable bonds is 4. The fourth-order valence-electron chi connectivity index (χ4n) is 0.887. The molecule has 0 aliphatic rings. The van der Waals surface area contributed by atoms with E-state index in [0.29, 0.717) is 0 Å². The average molecular weight is 272 g/mol. The maximum absolute atomic E-state index is 5.20. The molecule has 0 saturated carbocycles. The molecule has 0 aromatic carbocycles. The van der Waals surface area contributed by atoms with Gasteiger partial charge in [-0.2, -0.15) is 0 Å². The Morgan fingerprint density at radius 1 is 1.36 bits per heavy atom. The predicted octanol–water partition coefficient (Wildman–Crippen LogP) is 2.59. The van der Waals surface area contributed by atoms with Gasteiger partial charge in [0.05, 0.1) is 0 Å². The van der Waals surface area contributed by atoms with Gasteiger partial charge in [-0.1, -0.05) is 0 Å². The van der Waals surface area contributed by atoms with Crippen molar-refractivity contribution in [3.8, 4) is 0 Å². The van der Waals surface area contributed by atoms with Gasteiger partial charge in [0.25, 0.3) is 0 Å². The van der Waals surface area contributed by atoms with Crippen LogP contribution >= 0.6 is 21.7 Å². The van der Waals surface area contributed by atoms with Crippen LogP contribution in [0.3, 0.4) is 0 Å². The molecule has 0 rings (SSSR count). The maximum atomic E-state index is 5.20. The molecule has 4 heteroatoms. The summed E-state index contributed by atoms with van der Waals surface area (Å²) in [5.41, 5.74) is 0. The second-order valence-corrected chi connectivity index (χ2v) is 4.76. The van der Waals surface area contributed by atoms with Gasteiger partial charge in [0, 0.05) is 0 Å². The van der Waals surface area contributed by atoms with Crippen molar-refractivity contribution in [3.05, 3.63) is 0 Å². The van der Waals surface area contributed by atoms with Gasteiger partial charge in [0.15, 0.2) is 0 Å². The molecule has 0 aliphatic heterocycles. The molecule has 1 nitrogen and oxygen atoms in total. The van der Waals surface area contributed by atoms with Gasteiger partial charge in [-0.15, -0.1) is 0 Å². The normalized spacial score (nSPS) is 9.64. The molecule has 0 amide bonds. The van der Waals surface area contributed by atoms with Crippen LogP contribution in [0.1, 0.15) is 26.7 Å². The van der Waals surface area contributed by atoms with E-state index in [4.69, 9.17) is 12.2 Å². The first-order chi connectivity index (χ1) is 5.26. The van der Waals surface area contributed by atoms with Crippen LogP contribution in [-0.2, 0) is 18.5 Å². The van der Waals surface area contributed by atoms with E-state index in [2.05, 4.69) is 18.7 Å². The topological polar surface area (TPSA) is 3.24 Å². The van der Waals surface area contributed by atoms with Crippen molar-refractivity contribution in [1.82, 2.24) is 4.90 Å². The van der Waals surface area contributed by atoms with E-state index in [1.807, 2.05) is 18.5 Å². The molecule has 0 aromatic rings. The van der Waals surface area contributed by atoms with Crippen LogP contribution in [-0.4, -0.2) is 22.3 Å². The van der Waals surface area contributed by atoms with E-state index in [9.17, 15) is 0 Å². The van der Waals surface area contributed by atoms with Gasteiger partial charge in [0.2, 0.25) is 0 Å². The summed E-state index contributed by atoms with van der Waals surface area (Å²) in [6.07, 6.45) is 2.36. The van der Waals surface area contributed by atoms with Crippen LogP contribution in [0.25, 0.3) is 0 Å². The Balaban J connectivity index is 3.76. The van der Waals surface area contributed by atoms with Crippen molar-refractivity contribution in [2.45, 2.75) is 26.7 Å². The zero-order valence-electron chi connectivity index (χ0n) is 7.00. The summed E-state index contributed by atoms with van der Waals surface area (Å²) >= 11 is 7.17. The summed E-state index contributed by atoms with van der Waals surface area (Å²) in [7, 11) is 1.68. The summed E-state index contributed by atoms with van der Waals surface area (Å²) in [6.45, 7) is 6.59. The summed E-state index contributed by atoms with van der Waals surface area (Å²) in [5, 5.41) is 0. The van der Waals surface area contributed by atoms with Crippen LogP contribution in [0, 0.1) is 0 Å². The minimum atomic E-state index is 1.04.